The van der Waals surface area contributed by atoms with E-state index in [1.165, 1.54) is 11.3 Å². The summed E-state index contributed by atoms with van der Waals surface area (Å²) < 4.78 is 2.05. The van der Waals surface area contributed by atoms with Crippen molar-refractivity contribution >= 4 is 17.3 Å². The summed E-state index contributed by atoms with van der Waals surface area (Å²) in [5.74, 6) is 1.12. The average Bonchev–Trinajstić information content (AvgIpc) is 2.97. The molecule has 0 aliphatic carbocycles. The highest BCUT2D eigenvalue weighted by Gasteiger charge is 2.09. The molecular formula is C18H17N3S. The van der Waals surface area contributed by atoms with E-state index in [0.29, 0.717) is 6.42 Å². The molecule has 3 aromatic rings. The van der Waals surface area contributed by atoms with Crippen LogP contribution in [0.1, 0.15) is 19.0 Å². The van der Waals surface area contributed by atoms with Crippen LogP contribution in [0.3, 0.4) is 0 Å². The molecule has 110 valence electrons. The third kappa shape index (κ3) is 2.86. The van der Waals surface area contributed by atoms with Crippen LogP contribution in [0.2, 0.25) is 0 Å². The Balaban J connectivity index is 2.05. The minimum Gasteiger partial charge on any atom is -0.316 e. The monoisotopic (exact) mass is 307 g/mol. The van der Waals surface area contributed by atoms with Gasteiger partial charge in [-0.25, -0.2) is 0 Å². The Bertz CT molecular complexity index is 830. The van der Waals surface area contributed by atoms with Gasteiger partial charge in [0.05, 0.1) is 23.7 Å². The van der Waals surface area contributed by atoms with Crippen LogP contribution in [-0.2, 0) is 6.42 Å². The van der Waals surface area contributed by atoms with Crippen LogP contribution in [0.15, 0.2) is 53.7 Å². The first-order valence-corrected chi connectivity index (χ1v) is 8.37. The molecular weight excluding hydrogens is 290 g/mol. The van der Waals surface area contributed by atoms with Crippen molar-refractivity contribution in [1.29, 1.82) is 5.26 Å². The maximum atomic E-state index is 8.92. The second-order valence-corrected chi connectivity index (χ2v) is 6.24. The van der Waals surface area contributed by atoms with Crippen LogP contribution in [0.25, 0.3) is 16.8 Å². The highest BCUT2D eigenvalue weighted by Crippen LogP contribution is 2.28. The van der Waals surface area contributed by atoms with Crippen molar-refractivity contribution in [2.45, 2.75) is 24.7 Å². The SMILES string of the molecule is CCCSc1cccc(-c2nccn3c(CC#N)ccc23)c1. The van der Waals surface area contributed by atoms with Crippen molar-refractivity contribution < 1.29 is 0 Å². The smallest absolute Gasteiger partial charge is 0.0943 e. The molecule has 3 rings (SSSR count). The summed E-state index contributed by atoms with van der Waals surface area (Å²) in [5.41, 5.74) is 4.13. The number of hydrogen-bond donors (Lipinski definition) is 0. The lowest BCUT2D eigenvalue weighted by Gasteiger charge is -2.07. The fourth-order valence-corrected chi connectivity index (χ4v) is 3.33. The molecule has 0 saturated heterocycles. The maximum Gasteiger partial charge on any atom is 0.0943 e. The Labute approximate surface area is 134 Å². The first-order chi connectivity index (χ1) is 10.8. The van der Waals surface area contributed by atoms with E-state index < -0.39 is 0 Å². The molecule has 0 aliphatic rings. The van der Waals surface area contributed by atoms with Gasteiger partial charge in [-0.2, -0.15) is 5.26 Å². The van der Waals surface area contributed by atoms with Gasteiger partial charge in [0.25, 0.3) is 0 Å². The van der Waals surface area contributed by atoms with Gasteiger partial charge in [-0.15, -0.1) is 11.8 Å². The van der Waals surface area contributed by atoms with E-state index in [1.54, 1.807) is 6.20 Å². The lowest BCUT2D eigenvalue weighted by molar-refractivity contribution is 1.04. The molecule has 1 aromatic carbocycles. The van der Waals surface area contributed by atoms with E-state index in [1.807, 2.05) is 30.1 Å². The summed E-state index contributed by atoms with van der Waals surface area (Å²) in [5, 5.41) is 8.92. The Morgan fingerprint density at radius 2 is 2.18 bits per heavy atom. The summed E-state index contributed by atoms with van der Waals surface area (Å²) in [6.45, 7) is 2.19. The zero-order valence-corrected chi connectivity index (χ0v) is 13.3. The van der Waals surface area contributed by atoms with Gasteiger partial charge in [-0.3, -0.25) is 4.98 Å². The van der Waals surface area contributed by atoms with E-state index in [-0.39, 0.29) is 0 Å². The number of aromatic nitrogens is 2. The molecule has 0 saturated carbocycles. The van der Waals surface area contributed by atoms with E-state index in [4.69, 9.17) is 5.26 Å². The molecule has 0 spiro atoms. The number of fused-ring (bicyclic) bond motifs is 1. The molecule has 4 heteroatoms. The lowest BCUT2D eigenvalue weighted by Crippen LogP contribution is -1.95. The molecule has 0 unspecified atom stereocenters. The van der Waals surface area contributed by atoms with E-state index in [9.17, 15) is 0 Å². The summed E-state index contributed by atoms with van der Waals surface area (Å²) in [7, 11) is 0. The molecule has 2 aromatic heterocycles. The summed E-state index contributed by atoms with van der Waals surface area (Å²) in [6, 6.07) is 14.8. The molecule has 0 atom stereocenters. The summed E-state index contributed by atoms with van der Waals surface area (Å²) >= 11 is 1.87. The highest BCUT2D eigenvalue weighted by molar-refractivity contribution is 7.99. The second-order valence-electron chi connectivity index (χ2n) is 5.07. The normalized spacial score (nSPS) is 10.7. The van der Waals surface area contributed by atoms with Crippen molar-refractivity contribution in [1.82, 2.24) is 9.38 Å². The van der Waals surface area contributed by atoms with Gasteiger partial charge in [-0.1, -0.05) is 19.1 Å². The fourth-order valence-electron chi connectivity index (χ4n) is 2.50. The van der Waals surface area contributed by atoms with Crippen LogP contribution < -0.4 is 0 Å². The van der Waals surface area contributed by atoms with Crippen LogP contribution in [0.5, 0.6) is 0 Å². The van der Waals surface area contributed by atoms with Gasteiger partial charge in [0.15, 0.2) is 0 Å². The molecule has 3 nitrogen and oxygen atoms in total. The summed E-state index contributed by atoms with van der Waals surface area (Å²) in [6.07, 6.45) is 5.29. The highest BCUT2D eigenvalue weighted by atomic mass is 32.2. The third-order valence-corrected chi connectivity index (χ3v) is 4.70. The number of benzene rings is 1. The molecule has 0 N–H and O–H groups in total. The molecule has 0 bridgehead atoms. The van der Waals surface area contributed by atoms with Crippen LogP contribution in [0, 0.1) is 11.3 Å². The van der Waals surface area contributed by atoms with Crippen LogP contribution >= 0.6 is 11.8 Å². The van der Waals surface area contributed by atoms with E-state index in [2.05, 4.69) is 46.6 Å². The second kappa shape index (κ2) is 6.67. The van der Waals surface area contributed by atoms with Gasteiger partial charge in [-0.05, 0) is 36.4 Å². The lowest BCUT2D eigenvalue weighted by atomic mass is 10.1. The molecule has 0 radical (unpaired) electrons. The van der Waals surface area contributed by atoms with Crippen LogP contribution in [0.4, 0.5) is 0 Å². The molecule has 22 heavy (non-hydrogen) atoms. The average molecular weight is 307 g/mol. The molecule has 0 amide bonds. The summed E-state index contributed by atoms with van der Waals surface area (Å²) in [4.78, 5) is 5.83. The third-order valence-electron chi connectivity index (χ3n) is 3.51. The van der Waals surface area contributed by atoms with Crippen molar-refractivity contribution in [3.05, 3.63) is 54.5 Å². The fraction of sp³-hybridized carbons (Fsp3) is 0.222. The predicted molar refractivity (Wildman–Crippen MR) is 91.0 cm³/mol. The zero-order valence-electron chi connectivity index (χ0n) is 12.5. The van der Waals surface area contributed by atoms with Crippen LogP contribution in [-0.4, -0.2) is 15.1 Å². The van der Waals surface area contributed by atoms with Crippen molar-refractivity contribution in [3.63, 3.8) is 0 Å². The number of thioether (sulfide) groups is 1. The van der Waals surface area contributed by atoms with Crippen molar-refractivity contribution in [2.24, 2.45) is 0 Å². The standard InChI is InChI=1S/C18H17N3S/c1-2-12-22-16-5-3-4-14(13-16)18-17-7-6-15(8-9-19)21(17)11-10-20-18/h3-7,10-11,13H,2,8,12H2,1H3. The van der Waals surface area contributed by atoms with E-state index >= 15 is 0 Å². The first kappa shape index (κ1) is 14.7. The largest absolute Gasteiger partial charge is 0.316 e. The number of hydrogen-bond acceptors (Lipinski definition) is 3. The predicted octanol–water partition coefficient (Wildman–Crippen LogP) is 4.57. The van der Waals surface area contributed by atoms with E-state index in [0.717, 1.165) is 28.2 Å². The van der Waals surface area contributed by atoms with Gasteiger partial charge >= 0.3 is 0 Å². The number of nitrogens with zero attached hydrogens (tertiary/aromatic N) is 3. The van der Waals surface area contributed by atoms with Gasteiger partial charge in [0, 0.05) is 28.5 Å². The van der Waals surface area contributed by atoms with Gasteiger partial charge < -0.3 is 4.40 Å². The topological polar surface area (TPSA) is 41.1 Å². The Morgan fingerprint density at radius 1 is 1.27 bits per heavy atom. The Morgan fingerprint density at radius 3 is 3.00 bits per heavy atom. The van der Waals surface area contributed by atoms with Crippen molar-refractivity contribution in [2.75, 3.05) is 5.75 Å². The first-order valence-electron chi connectivity index (χ1n) is 7.38. The zero-order chi connectivity index (χ0) is 15.4. The minimum atomic E-state index is 0.407. The Kier molecular flexibility index (Phi) is 4.45. The van der Waals surface area contributed by atoms with Gasteiger partial charge in [0.1, 0.15) is 0 Å². The van der Waals surface area contributed by atoms with Gasteiger partial charge in [0.2, 0.25) is 0 Å². The Hall–Kier alpha value is -2.25. The minimum absolute atomic E-state index is 0.407. The quantitative estimate of drug-likeness (QED) is 0.648. The molecule has 2 heterocycles. The number of nitriles is 1. The number of rotatable bonds is 5. The molecule has 0 fully saturated rings. The maximum absolute atomic E-state index is 8.92. The van der Waals surface area contributed by atoms with Crippen molar-refractivity contribution in [3.8, 4) is 17.3 Å². The molecule has 0 aliphatic heterocycles.